The molecule has 12 heteroatoms. The number of carbonyl (C=O) groups excluding carboxylic acids is 3. The topological polar surface area (TPSA) is 119 Å². The molecule has 0 bridgehead atoms. The summed E-state index contributed by atoms with van der Waals surface area (Å²) in [6.45, 7) is 0.133. The number of hydrogen-bond donors (Lipinski definition) is 1. The second kappa shape index (κ2) is 14.4. The number of nitrogens with zero attached hydrogens (tertiary/aromatic N) is 3. The van der Waals surface area contributed by atoms with Crippen LogP contribution in [-0.2, 0) is 33.7 Å². The highest BCUT2D eigenvalue weighted by Gasteiger charge is 2.23. The summed E-state index contributed by atoms with van der Waals surface area (Å²) in [6, 6.07) is 10.5. The van der Waals surface area contributed by atoms with Crippen LogP contribution in [0.5, 0.6) is 11.5 Å². The van der Waals surface area contributed by atoms with E-state index in [0.29, 0.717) is 30.0 Å². The van der Waals surface area contributed by atoms with E-state index >= 15 is 0 Å². The molecule has 44 heavy (non-hydrogen) atoms. The number of halogens is 2. The van der Waals surface area contributed by atoms with Gasteiger partial charge < -0.3 is 24.3 Å². The molecule has 1 aromatic heterocycles. The van der Waals surface area contributed by atoms with Gasteiger partial charge in [0, 0.05) is 50.5 Å². The Kier molecular flexibility index (Phi) is 10.4. The molecule has 0 aliphatic carbocycles. The van der Waals surface area contributed by atoms with E-state index in [-0.39, 0.29) is 36.6 Å². The first-order valence-corrected chi connectivity index (χ1v) is 13.8. The molecule has 0 spiro atoms. The summed E-state index contributed by atoms with van der Waals surface area (Å²) in [7, 11) is 4.42. The number of benzene rings is 2. The van der Waals surface area contributed by atoms with Gasteiger partial charge in [-0.3, -0.25) is 19.4 Å². The Morgan fingerprint density at radius 1 is 1.11 bits per heavy atom. The molecule has 230 valence electrons. The third-order valence-electron chi connectivity index (χ3n) is 6.87. The van der Waals surface area contributed by atoms with Gasteiger partial charge in [0.1, 0.15) is 11.5 Å². The molecular weight excluding hydrogens is 574 g/mol. The molecule has 3 aromatic rings. The van der Waals surface area contributed by atoms with E-state index < -0.39 is 35.1 Å². The smallest absolute Gasteiger partial charge is 0.407 e. The highest BCUT2D eigenvalue weighted by Crippen LogP contribution is 2.39. The number of allylic oxidation sites excluding steroid dienone is 1. The minimum Gasteiger partial charge on any atom is -0.453 e. The van der Waals surface area contributed by atoms with E-state index in [1.165, 1.54) is 28.7 Å². The molecule has 2 aromatic carbocycles. The number of pyridine rings is 1. The summed E-state index contributed by atoms with van der Waals surface area (Å²) in [5.74, 6) is -2.02. The van der Waals surface area contributed by atoms with Crippen molar-refractivity contribution >= 4 is 29.2 Å². The summed E-state index contributed by atoms with van der Waals surface area (Å²) in [5.41, 5.74) is 1.80. The zero-order valence-electron chi connectivity index (χ0n) is 24.5. The SMILES string of the molecule is COC(=O)N[C@@H](CC/C=C/C(=O)N(C)C)C(=O)Cc1cccn(CC2=Nc3c(cccc3Oc3ccc(F)cc3F)C2)c1=O. The molecule has 0 unspecified atom stereocenters. The van der Waals surface area contributed by atoms with Crippen LogP contribution in [0, 0.1) is 11.6 Å². The summed E-state index contributed by atoms with van der Waals surface area (Å²) in [4.78, 5) is 56.2. The maximum Gasteiger partial charge on any atom is 0.407 e. The molecule has 1 N–H and O–H groups in total. The minimum absolute atomic E-state index is 0.133. The number of ether oxygens (including phenoxy) is 2. The fourth-order valence-electron chi connectivity index (χ4n) is 4.57. The lowest BCUT2D eigenvalue weighted by atomic mass is 10.0. The molecule has 0 saturated carbocycles. The molecule has 1 aliphatic rings. The first kappa shape index (κ1) is 31.8. The van der Waals surface area contributed by atoms with Gasteiger partial charge in [-0.25, -0.2) is 13.6 Å². The Morgan fingerprint density at radius 2 is 1.91 bits per heavy atom. The van der Waals surface area contributed by atoms with Crippen LogP contribution in [0.2, 0.25) is 0 Å². The summed E-state index contributed by atoms with van der Waals surface area (Å²) in [5, 5.41) is 2.51. The van der Waals surface area contributed by atoms with Crippen LogP contribution >= 0.6 is 0 Å². The van der Waals surface area contributed by atoms with E-state index in [1.807, 2.05) is 6.07 Å². The summed E-state index contributed by atoms with van der Waals surface area (Å²) < 4.78 is 39.3. The maximum atomic E-state index is 14.2. The van der Waals surface area contributed by atoms with Crippen molar-refractivity contribution in [3.05, 3.63) is 100.0 Å². The number of nitrogens with one attached hydrogen (secondary N) is 1. The van der Waals surface area contributed by atoms with Crippen molar-refractivity contribution in [1.29, 1.82) is 0 Å². The number of Topliss-reactive ketones (excluding diaryl/α,β-unsaturated/α-hetero) is 1. The number of para-hydroxylation sites is 1. The average Bonchev–Trinajstić information content (AvgIpc) is 3.41. The zero-order valence-corrected chi connectivity index (χ0v) is 24.5. The van der Waals surface area contributed by atoms with E-state index in [2.05, 4.69) is 15.0 Å². The van der Waals surface area contributed by atoms with Crippen LogP contribution in [0.4, 0.5) is 19.3 Å². The molecule has 1 atom stereocenters. The first-order valence-electron chi connectivity index (χ1n) is 13.8. The number of aliphatic imine (C=N–C) groups is 1. The van der Waals surface area contributed by atoms with E-state index in [1.54, 1.807) is 50.6 Å². The van der Waals surface area contributed by atoms with Crippen molar-refractivity contribution in [3.63, 3.8) is 0 Å². The molecule has 0 fully saturated rings. The Balaban J connectivity index is 1.47. The Labute approximate surface area is 252 Å². The van der Waals surface area contributed by atoms with Gasteiger partial charge >= 0.3 is 6.09 Å². The lowest BCUT2D eigenvalue weighted by molar-refractivity contribution is -0.123. The van der Waals surface area contributed by atoms with Crippen LogP contribution in [0.1, 0.15) is 24.0 Å². The Bertz CT molecular complexity index is 1680. The number of hydrogen-bond acceptors (Lipinski definition) is 7. The van der Waals surface area contributed by atoms with Gasteiger partial charge in [0.05, 0.1) is 19.7 Å². The van der Waals surface area contributed by atoms with Gasteiger partial charge in [0.15, 0.2) is 23.1 Å². The normalized spacial score (nSPS) is 12.8. The molecule has 0 radical (unpaired) electrons. The number of likely N-dealkylation sites (N-methyl/N-ethyl adjacent to an activating group) is 1. The summed E-state index contributed by atoms with van der Waals surface area (Å²) >= 11 is 0. The lowest BCUT2D eigenvalue weighted by Gasteiger charge is -2.16. The fourth-order valence-corrected chi connectivity index (χ4v) is 4.57. The van der Waals surface area contributed by atoms with Gasteiger partial charge in [-0.2, -0.15) is 0 Å². The van der Waals surface area contributed by atoms with E-state index in [4.69, 9.17) is 4.74 Å². The summed E-state index contributed by atoms with van der Waals surface area (Å²) in [6.07, 6.45) is 4.52. The van der Waals surface area contributed by atoms with Gasteiger partial charge in [0.25, 0.3) is 5.56 Å². The zero-order chi connectivity index (χ0) is 31.8. The van der Waals surface area contributed by atoms with Crippen LogP contribution in [-0.4, -0.2) is 60.2 Å². The molecule has 4 rings (SSSR count). The van der Waals surface area contributed by atoms with Gasteiger partial charge in [0.2, 0.25) is 5.91 Å². The van der Waals surface area contributed by atoms with Crippen LogP contribution in [0.15, 0.2) is 76.7 Å². The van der Waals surface area contributed by atoms with Crippen LogP contribution in [0.25, 0.3) is 0 Å². The maximum absolute atomic E-state index is 14.2. The Hall–Kier alpha value is -5.13. The van der Waals surface area contributed by atoms with Crippen molar-refractivity contribution < 1.29 is 32.6 Å². The van der Waals surface area contributed by atoms with Crippen molar-refractivity contribution in [3.8, 4) is 11.5 Å². The first-order chi connectivity index (χ1) is 21.0. The Morgan fingerprint density at radius 3 is 2.64 bits per heavy atom. The van der Waals surface area contributed by atoms with Gasteiger partial charge in [-0.05, 0) is 48.7 Å². The van der Waals surface area contributed by atoms with E-state index in [9.17, 15) is 28.0 Å². The second-order valence-electron chi connectivity index (χ2n) is 10.3. The molecule has 1 aliphatic heterocycles. The number of ketones is 1. The monoisotopic (exact) mass is 606 g/mol. The number of alkyl carbamates (subject to hydrolysis) is 1. The van der Waals surface area contributed by atoms with Crippen molar-refractivity contribution in [2.24, 2.45) is 4.99 Å². The largest absolute Gasteiger partial charge is 0.453 e. The highest BCUT2D eigenvalue weighted by molar-refractivity contribution is 5.95. The van der Waals surface area contributed by atoms with Crippen LogP contribution in [0.3, 0.4) is 0 Å². The highest BCUT2D eigenvalue weighted by atomic mass is 19.1. The number of methoxy groups -OCH3 is 1. The molecule has 2 amide bonds. The quantitative estimate of drug-likeness (QED) is 0.303. The molecule has 10 nitrogen and oxygen atoms in total. The number of aromatic nitrogens is 1. The number of rotatable bonds is 12. The molecule has 0 saturated heterocycles. The van der Waals surface area contributed by atoms with Crippen LogP contribution < -0.4 is 15.6 Å². The van der Waals surface area contributed by atoms with Gasteiger partial charge in [-0.1, -0.05) is 24.3 Å². The van der Waals surface area contributed by atoms with Crippen molar-refractivity contribution in [1.82, 2.24) is 14.8 Å². The molecule has 2 heterocycles. The molecular formula is C32H32F2N4O6. The van der Waals surface area contributed by atoms with Crippen molar-refractivity contribution in [2.45, 2.75) is 38.3 Å². The third-order valence-corrected chi connectivity index (χ3v) is 6.87. The number of fused-ring (bicyclic) bond motifs is 1. The van der Waals surface area contributed by atoms with Crippen molar-refractivity contribution in [2.75, 3.05) is 21.2 Å². The predicted octanol–water partition coefficient (Wildman–Crippen LogP) is 4.51. The third kappa shape index (κ3) is 8.03. The number of amides is 2. The lowest BCUT2D eigenvalue weighted by Crippen LogP contribution is -2.42. The predicted molar refractivity (Wildman–Crippen MR) is 159 cm³/mol. The van der Waals surface area contributed by atoms with Gasteiger partial charge in [-0.15, -0.1) is 0 Å². The fraction of sp³-hybridized carbons (Fsp3) is 0.281. The van der Waals surface area contributed by atoms with E-state index in [0.717, 1.165) is 17.7 Å². The number of carbonyl (C=O) groups is 3. The minimum atomic E-state index is -0.937. The average molecular weight is 607 g/mol. The second-order valence-corrected chi connectivity index (χ2v) is 10.3. The standard InChI is InChI=1S/C32H32F2N4O6/c1-37(2)29(40)12-5-4-10-25(36-32(42)43-3)26(39)17-21-9-7-15-38(31(21)41)19-23-16-20-8-6-11-28(30(20)35-23)44-27-14-13-22(33)18-24(27)34/h5-9,11-15,18,25H,4,10,16-17,19H2,1-3H3,(H,36,42)/b12-5+/t25-/m0/s1.